The van der Waals surface area contributed by atoms with Crippen molar-refractivity contribution in [2.24, 2.45) is 16.7 Å². The molecule has 4 rings (SSSR count). The molecule has 0 saturated heterocycles. The van der Waals surface area contributed by atoms with E-state index in [1.807, 2.05) is 32.0 Å². The number of anilines is 1. The molecule has 0 radical (unpaired) electrons. The van der Waals surface area contributed by atoms with Gasteiger partial charge in [-0.15, -0.1) is 0 Å². The number of hydrogen-bond acceptors (Lipinski definition) is 5. The van der Waals surface area contributed by atoms with Crippen molar-refractivity contribution in [3.8, 4) is 0 Å². The van der Waals surface area contributed by atoms with Gasteiger partial charge in [-0.05, 0) is 67.3 Å². The number of carbonyl (C=O) groups is 1. The van der Waals surface area contributed by atoms with E-state index in [1.54, 1.807) is 31.2 Å². The highest BCUT2D eigenvalue weighted by Gasteiger charge is 2.68. The summed E-state index contributed by atoms with van der Waals surface area (Å²) >= 11 is 0. The number of hydrogen-bond donors (Lipinski definition) is 1. The van der Waals surface area contributed by atoms with Crippen molar-refractivity contribution in [2.45, 2.75) is 82.7 Å². The van der Waals surface area contributed by atoms with Gasteiger partial charge in [-0.3, -0.25) is 4.79 Å². The first-order chi connectivity index (χ1) is 15.4. The van der Waals surface area contributed by atoms with E-state index in [1.165, 1.54) is 0 Å². The molecule has 2 saturated carbocycles. The molecule has 0 aliphatic heterocycles. The lowest BCUT2D eigenvalue weighted by Crippen LogP contribution is -2.46. The highest BCUT2D eigenvalue weighted by Crippen LogP contribution is 2.66. The minimum atomic E-state index is -3.73. The highest BCUT2D eigenvalue weighted by atomic mass is 32.2. The molecule has 2 aliphatic carbocycles. The van der Waals surface area contributed by atoms with Crippen molar-refractivity contribution >= 4 is 21.5 Å². The summed E-state index contributed by atoms with van der Waals surface area (Å²) in [6.45, 7) is 12.3. The van der Waals surface area contributed by atoms with E-state index in [0.717, 1.165) is 18.4 Å². The Morgan fingerprint density at radius 1 is 1.12 bits per heavy atom. The van der Waals surface area contributed by atoms with E-state index < -0.39 is 9.84 Å². The minimum Gasteiger partial charge on any atom is -0.460 e. The largest absolute Gasteiger partial charge is 0.460 e. The number of esters is 1. The van der Waals surface area contributed by atoms with Crippen LogP contribution in [-0.4, -0.2) is 26.5 Å². The Labute approximate surface area is 197 Å². The van der Waals surface area contributed by atoms with Crippen molar-refractivity contribution in [1.29, 1.82) is 0 Å². The summed E-state index contributed by atoms with van der Waals surface area (Å²) in [4.78, 5) is 12.9. The molecular formula is C27H35NO4S. The Hall–Kier alpha value is -2.34. The molecule has 6 heteroatoms. The lowest BCUT2D eigenvalue weighted by Gasteiger charge is -2.39. The van der Waals surface area contributed by atoms with E-state index in [-0.39, 0.29) is 39.8 Å². The Balaban J connectivity index is 1.81. The molecule has 2 fully saturated rings. The van der Waals surface area contributed by atoms with Crippen molar-refractivity contribution < 1.29 is 17.9 Å². The molecule has 0 spiro atoms. The monoisotopic (exact) mass is 469 g/mol. The second-order valence-electron chi connectivity index (χ2n) is 10.5. The number of aryl methyl sites for hydroxylation is 2. The lowest BCUT2D eigenvalue weighted by atomic mass is 9.70. The zero-order chi connectivity index (χ0) is 24.2. The number of fused-ring (bicyclic) bond motifs is 2. The number of benzene rings is 2. The maximum Gasteiger partial charge on any atom is 0.305 e. The molecule has 0 amide bonds. The quantitative estimate of drug-likeness (QED) is 0.550. The Kier molecular flexibility index (Phi) is 5.88. The molecule has 2 aliphatic rings. The zero-order valence-electron chi connectivity index (χ0n) is 20.4. The third-order valence-corrected chi connectivity index (χ3v) is 10.3. The fraction of sp³-hybridized carbons (Fsp3) is 0.519. The molecule has 0 aromatic heterocycles. The maximum atomic E-state index is 13.7. The average molecular weight is 470 g/mol. The van der Waals surface area contributed by atoms with Crippen LogP contribution in [0.15, 0.2) is 52.3 Å². The van der Waals surface area contributed by atoms with Crippen molar-refractivity contribution in [1.82, 2.24) is 0 Å². The SMILES string of the molecule is CCC(=O)OC1C(Nc2cc(C)cc(C)c2S(=O)(=O)c2ccccc2)C2CCC1(C)C2(C)C. The molecule has 2 bridgehead atoms. The van der Waals surface area contributed by atoms with Crippen LogP contribution in [0.3, 0.4) is 0 Å². The number of carbonyl (C=O) groups excluding carboxylic acids is 1. The molecule has 5 nitrogen and oxygen atoms in total. The number of rotatable bonds is 6. The molecule has 2 aromatic carbocycles. The smallest absolute Gasteiger partial charge is 0.305 e. The summed E-state index contributed by atoms with van der Waals surface area (Å²) in [5.74, 6) is 0.0548. The molecule has 4 unspecified atom stereocenters. The van der Waals surface area contributed by atoms with E-state index in [4.69, 9.17) is 4.74 Å². The fourth-order valence-electron chi connectivity index (χ4n) is 6.23. The van der Waals surface area contributed by atoms with Gasteiger partial charge in [-0.1, -0.05) is 52.0 Å². The van der Waals surface area contributed by atoms with Crippen LogP contribution in [0.4, 0.5) is 5.69 Å². The van der Waals surface area contributed by atoms with Gasteiger partial charge in [0.2, 0.25) is 9.84 Å². The standard InChI is InChI=1S/C27H35NO4S/c1-7-22(29)32-25-23(20-13-14-27(25,6)26(20,4)5)28-21-16-17(2)15-18(3)24(21)33(30,31)19-11-9-8-10-12-19/h8-12,15-16,20,23,25,28H,7,13-14H2,1-6H3. The van der Waals surface area contributed by atoms with Gasteiger partial charge >= 0.3 is 5.97 Å². The van der Waals surface area contributed by atoms with Gasteiger partial charge in [0.25, 0.3) is 0 Å². The molecule has 178 valence electrons. The predicted octanol–water partition coefficient (Wildman–Crippen LogP) is 5.69. The van der Waals surface area contributed by atoms with Gasteiger partial charge in [0.1, 0.15) is 6.10 Å². The summed E-state index contributed by atoms with van der Waals surface area (Å²) in [6, 6.07) is 12.2. The summed E-state index contributed by atoms with van der Waals surface area (Å²) in [6.07, 6.45) is 2.02. The average Bonchev–Trinajstić information content (AvgIpc) is 3.07. The van der Waals surface area contributed by atoms with Crippen LogP contribution in [0.2, 0.25) is 0 Å². The summed E-state index contributed by atoms with van der Waals surface area (Å²) in [5.41, 5.74) is 2.07. The summed E-state index contributed by atoms with van der Waals surface area (Å²) in [5, 5.41) is 3.60. The normalized spacial score (nSPS) is 28.0. The molecular weight excluding hydrogens is 434 g/mol. The molecule has 33 heavy (non-hydrogen) atoms. The van der Waals surface area contributed by atoms with Gasteiger partial charge in [-0.25, -0.2) is 8.42 Å². The molecule has 0 heterocycles. The Morgan fingerprint density at radius 2 is 1.79 bits per heavy atom. The van der Waals surface area contributed by atoms with E-state index in [0.29, 0.717) is 22.6 Å². The summed E-state index contributed by atoms with van der Waals surface area (Å²) in [7, 11) is -3.73. The number of ether oxygens (including phenoxy) is 1. The van der Waals surface area contributed by atoms with E-state index in [9.17, 15) is 13.2 Å². The van der Waals surface area contributed by atoms with Gasteiger partial charge in [0.05, 0.1) is 21.5 Å². The topological polar surface area (TPSA) is 72.5 Å². The summed E-state index contributed by atoms with van der Waals surface area (Å²) < 4.78 is 33.4. The van der Waals surface area contributed by atoms with Crippen LogP contribution in [0.5, 0.6) is 0 Å². The number of nitrogens with one attached hydrogen (secondary N) is 1. The van der Waals surface area contributed by atoms with Gasteiger partial charge < -0.3 is 10.1 Å². The third kappa shape index (κ3) is 3.67. The maximum absolute atomic E-state index is 13.7. The van der Waals surface area contributed by atoms with E-state index in [2.05, 4.69) is 26.1 Å². The van der Waals surface area contributed by atoms with Crippen LogP contribution >= 0.6 is 0 Å². The minimum absolute atomic E-state index is 0.0410. The third-order valence-electron chi connectivity index (χ3n) is 8.37. The number of sulfone groups is 1. The second kappa shape index (κ2) is 8.15. The van der Waals surface area contributed by atoms with E-state index >= 15 is 0 Å². The Bertz CT molecular complexity index is 1170. The van der Waals surface area contributed by atoms with Crippen LogP contribution < -0.4 is 5.32 Å². The van der Waals surface area contributed by atoms with Gasteiger partial charge in [-0.2, -0.15) is 0 Å². The molecule has 1 N–H and O–H groups in total. The molecule has 4 atom stereocenters. The zero-order valence-corrected chi connectivity index (χ0v) is 21.3. The van der Waals surface area contributed by atoms with Crippen molar-refractivity contribution in [3.05, 3.63) is 53.6 Å². The van der Waals surface area contributed by atoms with Crippen LogP contribution in [0.1, 0.15) is 58.1 Å². The Morgan fingerprint density at radius 3 is 2.42 bits per heavy atom. The van der Waals surface area contributed by atoms with Crippen LogP contribution in [-0.2, 0) is 19.4 Å². The van der Waals surface area contributed by atoms with Gasteiger partial charge in [0.15, 0.2) is 0 Å². The van der Waals surface area contributed by atoms with Crippen molar-refractivity contribution in [3.63, 3.8) is 0 Å². The first kappa shape index (κ1) is 23.8. The van der Waals surface area contributed by atoms with Crippen molar-refractivity contribution in [2.75, 3.05) is 5.32 Å². The van der Waals surface area contributed by atoms with Crippen LogP contribution in [0, 0.1) is 30.6 Å². The van der Waals surface area contributed by atoms with Gasteiger partial charge in [0, 0.05) is 11.8 Å². The lowest BCUT2D eigenvalue weighted by molar-refractivity contribution is -0.157. The highest BCUT2D eigenvalue weighted by molar-refractivity contribution is 7.91. The van der Waals surface area contributed by atoms with Crippen LogP contribution in [0.25, 0.3) is 0 Å². The molecule has 2 aromatic rings. The first-order valence-corrected chi connectivity index (χ1v) is 13.3. The second-order valence-corrected chi connectivity index (χ2v) is 12.4. The predicted molar refractivity (Wildman–Crippen MR) is 130 cm³/mol. The fourth-order valence-corrected chi connectivity index (χ4v) is 7.87. The first-order valence-electron chi connectivity index (χ1n) is 11.8.